The van der Waals surface area contributed by atoms with E-state index in [4.69, 9.17) is 4.74 Å². The zero-order valence-electron chi connectivity index (χ0n) is 16.3. The van der Waals surface area contributed by atoms with Gasteiger partial charge in [-0.15, -0.1) is 0 Å². The van der Waals surface area contributed by atoms with Crippen molar-refractivity contribution in [3.8, 4) is 5.75 Å². The van der Waals surface area contributed by atoms with Crippen molar-refractivity contribution in [1.82, 2.24) is 4.90 Å². The summed E-state index contributed by atoms with van der Waals surface area (Å²) in [6, 6.07) is 24.3. The van der Waals surface area contributed by atoms with Gasteiger partial charge < -0.3 is 9.64 Å². The summed E-state index contributed by atoms with van der Waals surface area (Å²) >= 11 is 0. The number of carbonyl (C=O) groups is 1. The van der Waals surface area contributed by atoms with Crippen molar-refractivity contribution in [3.05, 3.63) is 101 Å². The molecule has 3 nitrogen and oxygen atoms in total. The number of ether oxygens (including phenoxy) is 1. The second-order valence-electron chi connectivity index (χ2n) is 7.44. The van der Waals surface area contributed by atoms with Crippen LogP contribution >= 0.6 is 0 Å². The van der Waals surface area contributed by atoms with Crippen LogP contribution in [0.1, 0.15) is 35.4 Å². The maximum absolute atomic E-state index is 13.2. The Labute approximate surface area is 170 Å². The molecule has 0 atom stereocenters. The van der Waals surface area contributed by atoms with Gasteiger partial charge in [-0.05, 0) is 66.1 Å². The average Bonchev–Trinajstić information content (AvgIpc) is 2.77. The normalized spacial score (nSPS) is 14.6. The van der Waals surface area contributed by atoms with Gasteiger partial charge in [0.25, 0.3) is 0 Å². The minimum Gasteiger partial charge on any atom is -0.410 e. The number of amides is 1. The quantitative estimate of drug-likeness (QED) is 0.565. The third kappa shape index (κ3) is 4.83. The molecular formula is C25H24FNO2. The number of piperidine rings is 1. The van der Waals surface area contributed by atoms with Gasteiger partial charge in [-0.25, -0.2) is 9.18 Å². The lowest BCUT2D eigenvalue weighted by atomic mass is 9.85. The Morgan fingerprint density at radius 1 is 0.897 bits per heavy atom. The van der Waals surface area contributed by atoms with Gasteiger partial charge in [0.1, 0.15) is 11.6 Å². The zero-order valence-corrected chi connectivity index (χ0v) is 16.3. The lowest BCUT2D eigenvalue weighted by Gasteiger charge is -2.32. The zero-order chi connectivity index (χ0) is 20.1. The number of halogens is 1. The Morgan fingerprint density at radius 3 is 2.28 bits per heavy atom. The molecular weight excluding hydrogens is 365 g/mol. The molecule has 0 unspecified atom stereocenters. The molecule has 1 amide bonds. The second kappa shape index (κ2) is 8.91. The topological polar surface area (TPSA) is 29.5 Å². The molecule has 1 aliphatic heterocycles. The minimum atomic E-state index is -0.283. The maximum Gasteiger partial charge on any atom is 0.415 e. The summed E-state index contributed by atoms with van der Waals surface area (Å²) in [5.41, 5.74) is 3.69. The Bertz CT molecular complexity index is 948. The van der Waals surface area contributed by atoms with E-state index >= 15 is 0 Å². The molecule has 1 heterocycles. The molecule has 3 aromatic rings. The van der Waals surface area contributed by atoms with Gasteiger partial charge in [0, 0.05) is 13.1 Å². The van der Waals surface area contributed by atoms with E-state index in [0.29, 0.717) is 24.8 Å². The number of para-hydroxylation sites is 1. The van der Waals surface area contributed by atoms with Crippen LogP contribution in [-0.4, -0.2) is 24.1 Å². The fourth-order valence-electron chi connectivity index (χ4n) is 3.94. The highest BCUT2D eigenvalue weighted by Crippen LogP contribution is 2.31. The number of likely N-dealkylation sites (tertiary alicyclic amines) is 1. The van der Waals surface area contributed by atoms with E-state index in [1.54, 1.807) is 17.0 Å². The first-order valence-corrected chi connectivity index (χ1v) is 10.0. The molecule has 4 rings (SSSR count). The summed E-state index contributed by atoms with van der Waals surface area (Å²) in [7, 11) is 0. The summed E-state index contributed by atoms with van der Waals surface area (Å²) in [6.07, 6.45) is 2.32. The predicted molar refractivity (Wildman–Crippen MR) is 112 cm³/mol. The number of benzene rings is 3. The SMILES string of the molecule is O=C(Oc1ccccc1)N1CCC(c2ccccc2Cc2ccc(F)cc2)CC1. The van der Waals surface area contributed by atoms with Crippen molar-refractivity contribution >= 4 is 6.09 Å². The van der Waals surface area contributed by atoms with Gasteiger partial charge in [-0.1, -0.05) is 54.6 Å². The number of carbonyl (C=O) groups excluding carboxylic acids is 1. The molecule has 0 saturated carbocycles. The molecule has 1 fully saturated rings. The Hall–Kier alpha value is -3.14. The summed E-state index contributed by atoms with van der Waals surface area (Å²) in [6.45, 7) is 1.36. The van der Waals surface area contributed by atoms with E-state index in [2.05, 4.69) is 24.3 Å². The lowest BCUT2D eigenvalue weighted by Crippen LogP contribution is -2.39. The monoisotopic (exact) mass is 389 g/mol. The first-order chi connectivity index (χ1) is 14.2. The largest absolute Gasteiger partial charge is 0.415 e. The van der Waals surface area contributed by atoms with E-state index < -0.39 is 0 Å². The van der Waals surface area contributed by atoms with Crippen LogP contribution in [-0.2, 0) is 6.42 Å². The first-order valence-electron chi connectivity index (χ1n) is 10.0. The van der Waals surface area contributed by atoms with Crippen LogP contribution in [0.4, 0.5) is 9.18 Å². The van der Waals surface area contributed by atoms with Crippen molar-refractivity contribution in [2.75, 3.05) is 13.1 Å². The molecule has 1 saturated heterocycles. The van der Waals surface area contributed by atoms with E-state index in [1.807, 2.05) is 30.3 Å². The third-order valence-electron chi connectivity index (χ3n) is 5.50. The van der Waals surface area contributed by atoms with Gasteiger partial charge in [-0.3, -0.25) is 0 Å². The lowest BCUT2D eigenvalue weighted by molar-refractivity contribution is 0.138. The fourth-order valence-corrected chi connectivity index (χ4v) is 3.94. The molecule has 0 bridgehead atoms. The van der Waals surface area contributed by atoms with E-state index in [9.17, 15) is 9.18 Å². The summed E-state index contributed by atoms with van der Waals surface area (Å²) in [4.78, 5) is 14.2. The van der Waals surface area contributed by atoms with Gasteiger partial charge in [0.05, 0.1) is 0 Å². The Kier molecular flexibility index (Phi) is 5.89. The van der Waals surface area contributed by atoms with Crippen LogP contribution in [0.2, 0.25) is 0 Å². The van der Waals surface area contributed by atoms with Crippen LogP contribution < -0.4 is 4.74 Å². The molecule has 3 aromatic carbocycles. The number of rotatable bonds is 4. The van der Waals surface area contributed by atoms with Crippen molar-refractivity contribution in [2.45, 2.75) is 25.2 Å². The van der Waals surface area contributed by atoms with Crippen LogP contribution in [0.15, 0.2) is 78.9 Å². The first kappa shape index (κ1) is 19.2. The molecule has 0 N–H and O–H groups in total. The molecule has 4 heteroatoms. The minimum absolute atomic E-state index is 0.211. The molecule has 0 radical (unpaired) electrons. The van der Waals surface area contributed by atoms with Gasteiger partial charge >= 0.3 is 6.09 Å². The van der Waals surface area contributed by atoms with E-state index in [1.165, 1.54) is 23.3 Å². The smallest absolute Gasteiger partial charge is 0.410 e. The standard InChI is InChI=1S/C25H24FNO2/c26-22-12-10-19(11-13-22)18-21-6-4-5-9-24(21)20-14-16-27(17-15-20)25(28)29-23-7-2-1-3-8-23/h1-13,20H,14-18H2. The number of nitrogens with zero attached hydrogens (tertiary/aromatic N) is 1. The van der Waals surface area contributed by atoms with E-state index in [0.717, 1.165) is 24.8 Å². The summed E-state index contributed by atoms with van der Waals surface area (Å²) in [5.74, 6) is 0.772. The van der Waals surface area contributed by atoms with E-state index in [-0.39, 0.29) is 11.9 Å². The van der Waals surface area contributed by atoms with Crippen molar-refractivity contribution < 1.29 is 13.9 Å². The molecule has 1 aliphatic rings. The predicted octanol–water partition coefficient (Wildman–Crippen LogP) is 5.79. The molecule has 148 valence electrons. The van der Waals surface area contributed by atoms with Gasteiger partial charge in [0.2, 0.25) is 0 Å². The van der Waals surface area contributed by atoms with Crippen LogP contribution in [0.3, 0.4) is 0 Å². The van der Waals surface area contributed by atoms with Crippen LogP contribution in [0.5, 0.6) is 5.75 Å². The van der Waals surface area contributed by atoms with Gasteiger partial charge in [-0.2, -0.15) is 0 Å². The van der Waals surface area contributed by atoms with Crippen LogP contribution in [0.25, 0.3) is 0 Å². The molecule has 29 heavy (non-hydrogen) atoms. The Morgan fingerprint density at radius 2 is 1.55 bits per heavy atom. The fraction of sp³-hybridized carbons (Fsp3) is 0.240. The summed E-state index contributed by atoms with van der Waals surface area (Å²) in [5, 5.41) is 0. The number of hydrogen-bond donors (Lipinski definition) is 0. The summed E-state index contributed by atoms with van der Waals surface area (Å²) < 4.78 is 18.7. The highest BCUT2D eigenvalue weighted by atomic mass is 19.1. The van der Waals surface area contributed by atoms with Crippen molar-refractivity contribution in [1.29, 1.82) is 0 Å². The third-order valence-corrected chi connectivity index (χ3v) is 5.50. The highest BCUT2D eigenvalue weighted by Gasteiger charge is 2.26. The average molecular weight is 389 g/mol. The highest BCUT2D eigenvalue weighted by molar-refractivity contribution is 5.70. The van der Waals surface area contributed by atoms with Crippen molar-refractivity contribution in [3.63, 3.8) is 0 Å². The maximum atomic E-state index is 13.2. The Balaban J connectivity index is 1.39. The molecule has 0 aromatic heterocycles. The van der Waals surface area contributed by atoms with Crippen molar-refractivity contribution in [2.24, 2.45) is 0 Å². The second-order valence-corrected chi connectivity index (χ2v) is 7.44. The molecule has 0 spiro atoms. The van der Waals surface area contributed by atoms with Crippen LogP contribution in [0, 0.1) is 5.82 Å². The molecule has 0 aliphatic carbocycles. The van der Waals surface area contributed by atoms with Gasteiger partial charge in [0.15, 0.2) is 0 Å². The number of hydrogen-bond acceptors (Lipinski definition) is 2.